The summed E-state index contributed by atoms with van der Waals surface area (Å²) < 4.78 is 5.55. The maximum absolute atomic E-state index is 6.07. The second-order valence-electron chi connectivity index (χ2n) is 4.51. The number of anilines is 2. The Labute approximate surface area is 112 Å². The number of nitrogens with zero attached hydrogens (tertiary/aromatic N) is 2. The molecule has 0 radical (unpaired) electrons. The van der Waals surface area contributed by atoms with Gasteiger partial charge in [-0.3, -0.25) is 0 Å². The first kappa shape index (κ1) is 13.4. The summed E-state index contributed by atoms with van der Waals surface area (Å²) >= 11 is 6.07. The Morgan fingerprint density at radius 2 is 2.22 bits per heavy atom. The van der Waals surface area contributed by atoms with Gasteiger partial charge in [0.15, 0.2) is 5.82 Å². The Hall–Kier alpha value is -1.07. The van der Waals surface area contributed by atoms with Gasteiger partial charge in [0.1, 0.15) is 5.02 Å². The molecular formula is C12H19ClN4O. The lowest BCUT2D eigenvalue weighted by molar-refractivity contribution is -0.0601. The number of hydrogen-bond acceptors (Lipinski definition) is 5. The van der Waals surface area contributed by atoms with Gasteiger partial charge in [-0.05, 0) is 26.2 Å². The molecule has 1 aliphatic carbocycles. The van der Waals surface area contributed by atoms with E-state index in [2.05, 4.69) is 20.6 Å². The average Bonchev–Trinajstić information content (AvgIpc) is 2.32. The van der Waals surface area contributed by atoms with Crippen LogP contribution in [0.25, 0.3) is 0 Å². The monoisotopic (exact) mass is 270 g/mol. The second kappa shape index (κ2) is 5.71. The van der Waals surface area contributed by atoms with Crippen LogP contribution in [0.15, 0.2) is 6.20 Å². The maximum atomic E-state index is 6.07. The third-order valence-corrected chi connectivity index (χ3v) is 3.63. The van der Waals surface area contributed by atoms with E-state index in [1.54, 1.807) is 13.3 Å². The summed E-state index contributed by atoms with van der Waals surface area (Å²) in [4.78, 5) is 8.44. The third kappa shape index (κ3) is 2.84. The Morgan fingerprint density at radius 1 is 1.44 bits per heavy atom. The molecule has 0 atom stereocenters. The molecule has 1 heterocycles. The second-order valence-corrected chi connectivity index (χ2v) is 4.92. The van der Waals surface area contributed by atoms with E-state index >= 15 is 0 Å². The van der Waals surface area contributed by atoms with Crippen molar-refractivity contribution >= 4 is 23.4 Å². The zero-order valence-electron chi connectivity index (χ0n) is 10.8. The van der Waals surface area contributed by atoms with Crippen molar-refractivity contribution < 1.29 is 4.74 Å². The van der Waals surface area contributed by atoms with Crippen molar-refractivity contribution in [2.24, 2.45) is 0 Å². The summed E-state index contributed by atoms with van der Waals surface area (Å²) in [7, 11) is 1.76. The van der Waals surface area contributed by atoms with Crippen LogP contribution >= 0.6 is 11.6 Å². The van der Waals surface area contributed by atoms with Crippen LogP contribution in [0.4, 0.5) is 11.8 Å². The topological polar surface area (TPSA) is 59.1 Å². The molecule has 0 amide bonds. The van der Waals surface area contributed by atoms with Crippen molar-refractivity contribution in [2.45, 2.75) is 31.8 Å². The number of halogens is 1. The molecule has 1 fully saturated rings. The molecule has 1 aliphatic rings. The van der Waals surface area contributed by atoms with Crippen LogP contribution in [0.1, 0.15) is 26.2 Å². The summed E-state index contributed by atoms with van der Waals surface area (Å²) in [5, 5.41) is 6.85. The number of ether oxygens (including phenoxy) is 1. The molecule has 0 bridgehead atoms. The van der Waals surface area contributed by atoms with Gasteiger partial charge in [0, 0.05) is 20.2 Å². The highest BCUT2D eigenvalue weighted by atomic mass is 35.5. The Bertz CT molecular complexity index is 404. The number of nitrogens with one attached hydrogen (secondary N) is 2. The van der Waals surface area contributed by atoms with E-state index in [0.29, 0.717) is 16.8 Å². The number of methoxy groups -OCH3 is 1. The minimum absolute atomic E-state index is 0.0490. The van der Waals surface area contributed by atoms with E-state index in [9.17, 15) is 0 Å². The first-order valence-corrected chi connectivity index (χ1v) is 6.62. The van der Waals surface area contributed by atoms with Crippen molar-refractivity contribution in [1.29, 1.82) is 0 Å². The lowest BCUT2D eigenvalue weighted by atomic mass is 9.80. The standard InChI is InChI=1S/C12H19ClN4O/c1-3-14-11-15-7-9(13)10(17-11)16-8-12(18-2)5-4-6-12/h7H,3-6,8H2,1-2H3,(H2,14,15,16,17). The third-order valence-electron chi connectivity index (χ3n) is 3.35. The number of hydrogen-bond donors (Lipinski definition) is 2. The van der Waals surface area contributed by atoms with Gasteiger partial charge in [0.05, 0.1) is 11.8 Å². The van der Waals surface area contributed by atoms with Crippen molar-refractivity contribution in [3.63, 3.8) is 0 Å². The van der Waals surface area contributed by atoms with Gasteiger partial charge < -0.3 is 15.4 Å². The van der Waals surface area contributed by atoms with E-state index in [4.69, 9.17) is 16.3 Å². The van der Waals surface area contributed by atoms with Gasteiger partial charge in [-0.15, -0.1) is 0 Å². The minimum Gasteiger partial charge on any atom is -0.376 e. The molecule has 18 heavy (non-hydrogen) atoms. The Balaban J connectivity index is 2.01. The molecular weight excluding hydrogens is 252 g/mol. The molecule has 2 N–H and O–H groups in total. The molecule has 0 aliphatic heterocycles. The van der Waals surface area contributed by atoms with E-state index in [1.165, 1.54) is 6.42 Å². The highest BCUT2D eigenvalue weighted by Crippen LogP contribution is 2.35. The predicted octanol–water partition coefficient (Wildman–Crippen LogP) is 2.54. The lowest BCUT2D eigenvalue weighted by Crippen LogP contribution is -2.45. The zero-order chi connectivity index (χ0) is 13.0. The summed E-state index contributed by atoms with van der Waals surface area (Å²) in [6.45, 7) is 3.51. The van der Waals surface area contributed by atoms with Crippen molar-refractivity contribution in [3.05, 3.63) is 11.2 Å². The predicted molar refractivity (Wildman–Crippen MR) is 73.3 cm³/mol. The summed E-state index contributed by atoms with van der Waals surface area (Å²) in [5.41, 5.74) is -0.0490. The largest absolute Gasteiger partial charge is 0.376 e. The molecule has 5 nitrogen and oxygen atoms in total. The maximum Gasteiger partial charge on any atom is 0.224 e. The fourth-order valence-electron chi connectivity index (χ4n) is 2.00. The summed E-state index contributed by atoms with van der Waals surface area (Å²) in [6.07, 6.45) is 4.99. The SMILES string of the molecule is CCNc1ncc(Cl)c(NCC2(OC)CCC2)n1. The van der Waals surface area contributed by atoms with E-state index in [0.717, 1.165) is 25.9 Å². The van der Waals surface area contributed by atoms with E-state index < -0.39 is 0 Å². The van der Waals surface area contributed by atoms with Gasteiger partial charge in [0.2, 0.25) is 5.95 Å². The van der Waals surface area contributed by atoms with Gasteiger partial charge in [-0.2, -0.15) is 4.98 Å². The zero-order valence-corrected chi connectivity index (χ0v) is 11.5. The molecule has 1 aromatic rings. The highest BCUT2D eigenvalue weighted by Gasteiger charge is 2.36. The highest BCUT2D eigenvalue weighted by molar-refractivity contribution is 6.32. The van der Waals surface area contributed by atoms with Crippen molar-refractivity contribution in [3.8, 4) is 0 Å². The van der Waals surface area contributed by atoms with Crippen molar-refractivity contribution in [2.75, 3.05) is 30.8 Å². The van der Waals surface area contributed by atoms with Crippen LogP contribution in [-0.4, -0.2) is 35.8 Å². The van der Waals surface area contributed by atoms with E-state index in [-0.39, 0.29) is 5.60 Å². The van der Waals surface area contributed by atoms with Gasteiger partial charge in [-0.1, -0.05) is 11.6 Å². The molecule has 2 rings (SSSR count). The van der Waals surface area contributed by atoms with Crippen LogP contribution in [0, 0.1) is 0 Å². The molecule has 100 valence electrons. The van der Waals surface area contributed by atoms with Gasteiger partial charge in [-0.25, -0.2) is 4.98 Å². The van der Waals surface area contributed by atoms with Gasteiger partial charge in [0.25, 0.3) is 0 Å². The quantitative estimate of drug-likeness (QED) is 0.832. The fourth-order valence-corrected chi connectivity index (χ4v) is 2.16. The summed E-state index contributed by atoms with van der Waals surface area (Å²) in [5.74, 6) is 1.25. The number of aromatic nitrogens is 2. The normalized spacial score (nSPS) is 17.1. The van der Waals surface area contributed by atoms with Gasteiger partial charge >= 0.3 is 0 Å². The molecule has 6 heteroatoms. The Morgan fingerprint density at radius 3 is 2.78 bits per heavy atom. The summed E-state index contributed by atoms with van der Waals surface area (Å²) in [6, 6.07) is 0. The molecule has 1 aromatic heterocycles. The molecule has 0 saturated heterocycles. The minimum atomic E-state index is -0.0490. The van der Waals surface area contributed by atoms with Crippen LogP contribution in [-0.2, 0) is 4.74 Å². The van der Waals surface area contributed by atoms with Crippen LogP contribution in [0.2, 0.25) is 5.02 Å². The van der Waals surface area contributed by atoms with Crippen LogP contribution < -0.4 is 10.6 Å². The molecule has 0 spiro atoms. The number of rotatable bonds is 6. The van der Waals surface area contributed by atoms with Crippen molar-refractivity contribution in [1.82, 2.24) is 9.97 Å². The van der Waals surface area contributed by atoms with E-state index in [1.807, 2.05) is 6.92 Å². The Kier molecular flexibility index (Phi) is 4.24. The fraction of sp³-hybridized carbons (Fsp3) is 0.667. The first-order valence-electron chi connectivity index (χ1n) is 6.24. The molecule has 0 aromatic carbocycles. The smallest absolute Gasteiger partial charge is 0.224 e. The van der Waals surface area contributed by atoms with Crippen LogP contribution in [0.5, 0.6) is 0 Å². The lowest BCUT2D eigenvalue weighted by Gasteiger charge is -2.40. The average molecular weight is 271 g/mol. The first-order chi connectivity index (χ1) is 8.69. The molecule has 0 unspecified atom stereocenters. The molecule has 1 saturated carbocycles. The van der Waals surface area contributed by atoms with Crippen LogP contribution in [0.3, 0.4) is 0 Å².